The Bertz CT molecular complexity index is 973. The number of anilines is 2. The summed E-state index contributed by atoms with van der Waals surface area (Å²) in [6.07, 6.45) is 1.06. The number of ether oxygens (including phenoxy) is 1. The molecule has 0 bridgehead atoms. The zero-order valence-corrected chi connectivity index (χ0v) is 16.7. The summed E-state index contributed by atoms with van der Waals surface area (Å²) in [7, 11) is -1.87. The predicted octanol–water partition coefficient (Wildman–Crippen LogP) is 2.00. The van der Waals surface area contributed by atoms with Crippen molar-refractivity contribution in [3.05, 3.63) is 59.2 Å². The zero-order valence-electron chi connectivity index (χ0n) is 15.9. The average molecular weight is 405 g/mol. The highest BCUT2D eigenvalue weighted by atomic mass is 32.2. The molecule has 0 saturated heterocycles. The Hall–Kier alpha value is -2.91. The van der Waals surface area contributed by atoms with Crippen LogP contribution in [0, 0.1) is 6.92 Å². The van der Waals surface area contributed by atoms with Crippen LogP contribution in [0.3, 0.4) is 0 Å². The number of hydrogen-bond acceptors (Lipinski definition) is 5. The van der Waals surface area contributed by atoms with E-state index in [2.05, 4.69) is 15.4 Å². The molecule has 0 heterocycles. The smallest absolute Gasteiger partial charge is 0.255 e. The van der Waals surface area contributed by atoms with E-state index in [1.165, 1.54) is 12.1 Å². The van der Waals surface area contributed by atoms with E-state index in [1.54, 1.807) is 44.4 Å². The molecule has 0 fully saturated rings. The molecule has 0 aromatic heterocycles. The van der Waals surface area contributed by atoms with E-state index in [-0.39, 0.29) is 5.91 Å². The van der Waals surface area contributed by atoms with Crippen LogP contribution in [0.4, 0.5) is 11.4 Å². The maximum absolute atomic E-state index is 12.6. The first kappa shape index (κ1) is 21.4. The molecule has 0 aliphatic carbocycles. The predicted molar refractivity (Wildman–Crippen MR) is 108 cm³/mol. The lowest BCUT2D eigenvalue weighted by Crippen LogP contribution is -2.28. The quantitative estimate of drug-likeness (QED) is 0.581. The lowest BCUT2D eigenvalue weighted by atomic mass is 10.1. The number of hydrogen-bond donors (Lipinski definition) is 3. The fraction of sp³-hybridized carbons (Fsp3) is 0.263. The fourth-order valence-electron chi connectivity index (χ4n) is 2.47. The molecule has 28 heavy (non-hydrogen) atoms. The number of benzene rings is 2. The van der Waals surface area contributed by atoms with Crippen LogP contribution in [-0.2, 0) is 14.8 Å². The van der Waals surface area contributed by atoms with Crippen LogP contribution in [0.25, 0.3) is 0 Å². The number of methoxy groups -OCH3 is 1. The summed E-state index contributed by atoms with van der Waals surface area (Å²) in [5.74, 6) is -0.733. The van der Waals surface area contributed by atoms with Gasteiger partial charge in [-0.3, -0.25) is 14.3 Å². The number of aryl methyl sites for hydroxylation is 1. The number of sulfonamides is 1. The van der Waals surface area contributed by atoms with Gasteiger partial charge in [-0.2, -0.15) is 0 Å². The summed E-state index contributed by atoms with van der Waals surface area (Å²) in [4.78, 5) is 24.9. The maximum atomic E-state index is 12.6. The maximum Gasteiger partial charge on any atom is 0.255 e. The fourth-order valence-corrected chi connectivity index (χ4v) is 3.09. The topological polar surface area (TPSA) is 114 Å². The highest BCUT2D eigenvalue weighted by molar-refractivity contribution is 7.92. The van der Waals surface area contributed by atoms with Gasteiger partial charge >= 0.3 is 0 Å². The first-order valence-corrected chi connectivity index (χ1v) is 10.4. The molecular formula is C19H23N3O5S. The Balaban J connectivity index is 2.17. The summed E-state index contributed by atoms with van der Waals surface area (Å²) in [6, 6.07) is 11.3. The molecule has 2 aromatic carbocycles. The lowest BCUT2D eigenvalue weighted by molar-refractivity contribution is 0.0938. The van der Waals surface area contributed by atoms with Gasteiger partial charge in [0.2, 0.25) is 10.0 Å². The van der Waals surface area contributed by atoms with Gasteiger partial charge < -0.3 is 15.4 Å². The van der Waals surface area contributed by atoms with E-state index in [4.69, 9.17) is 4.74 Å². The van der Waals surface area contributed by atoms with Crippen LogP contribution in [0.2, 0.25) is 0 Å². The summed E-state index contributed by atoms with van der Waals surface area (Å²) < 4.78 is 30.0. The van der Waals surface area contributed by atoms with Crippen molar-refractivity contribution in [1.82, 2.24) is 5.32 Å². The molecule has 150 valence electrons. The molecule has 8 nitrogen and oxygen atoms in total. The van der Waals surface area contributed by atoms with Crippen molar-refractivity contribution in [1.29, 1.82) is 0 Å². The lowest BCUT2D eigenvalue weighted by Gasteiger charge is -2.13. The summed E-state index contributed by atoms with van der Waals surface area (Å²) in [6.45, 7) is 2.43. The minimum Gasteiger partial charge on any atom is -0.383 e. The number of amides is 2. The van der Waals surface area contributed by atoms with Crippen molar-refractivity contribution in [2.24, 2.45) is 0 Å². The van der Waals surface area contributed by atoms with Crippen molar-refractivity contribution in [3.63, 3.8) is 0 Å². The minimum absolute atomic E-state index is 0.322. The Morgan fingerprint density at radius 2 is 1.75 bits per heavy atom. The number of para-hydroxylation sites is 1. The van der Waals surface area contributed by atoms with Crippen LogP contribution < -0.4 is 15.4 Å². The molecule has 0 aliphatic rings. The Kier molecular flexibility index (Phi) is 7.13. The average Bonchev–Trinajstić information content (AvgIpc) is 2.63. The number of rotatable bonds is 8. The van der Waals surface area contributed by atoms with E-state index in [0.29, 0.717) is 41.2 Å². The first-order chi connectivity index (χ1) is 13.2. The van der Waals surface area contributed by atoms with Gasteiger partial charge in [0.15, 0.2) is 0 Å². The molecule has 0 unspecified atom stereocenters. The molecule has 0 radical (unpaired) electrons. The third-order valence-electron chi connectivity index (χ3n) is 3.80. The molecule has 2 amide bonds. The molecule has 2 rings (SSSR count). The zero-order chi connectivity index (χ0) is 20.7. The van der Waals surface area contributed by atoms with Crippen LogP contribution in [0.15, 0.2) is 42.5 Å². The van der Waals surface area contributed by atoms with Crippen molar-refractivity contribution < 1.29 is 22.7 Å². The number of carbonyl (C=O) groups excluding carboxylic acids is 2. The largest absolute Gasteiger partial charge is 0.383 e. The second-order valence-electron chi connectivity index (χ2n) is 6.15. The van der Waals surface area contributed by atoms with E-state index in [9.17, 15) is 18.0 Å². The van der Waals surface area contributed by atoms with Gasteiger partial charge in [-0.1, -0.05) is 12.1 Å². The van der Waals surface area contributed by atoms with E-state index < -0.39 is 15.9 Å². The highest BCUT2D eigenvalue weighted by Crippen LogP contribution is 2.20. The van der Waals surface area contributed by atoms with E-state index in [1.807, 2.05) is 0 Å². The van der Waals surface area contributed by atoms with Crippen molar-refractivity contribution >= 4 is 33.2 Å². The van der Waals surface area contributed by atoms with Gasteiger partial charge in [0.25, 0.3) is 11.8 Å². The van der Waals surface area contributed by atoms with Crippen molar-refractivity contribution in [3.8, 4) is 0 Å². The molecular weight excluding hydrogens is 382 g/mol. The highest BCUT2D eigenvalue weighted by Gasteiger charge is 2.15. The van der Waals surface area contributed by atoms with Gasteiger partial charge in [0.1, 0.15) is 0 Å². The third-order valence-corrected chi connectivity index (χ3v) is 4.39. The normalized spacial score (nSPS) is 11.0. The van der Waals surface area contributed by atoms with Crippen molar-refractivity contribution in [2.75, 3.05) is 36.6 Å². The monoisotopic (exact) mass is 405 g/mol. The van der Waals surface area contributed by atoms with Crippen LogP contribution in [0.5, 0.6) is 0 Å². The van der Waals surface area contributed by atoms with Crippen LogP contribution >= 0.6 is 0 Å². The second kappa shape index (κ2) is 9.34. The third kappa shape index (κ3) is 6.07. The van der Waals surface area contributed by atoms with Gasteiger partial charge in [0.05, 0.1) is 29.8 Å². The Morgan fingerprint density at radius 1 is 1.04 bits per heavy atom. The number of carbonyl (C=O) groups is 2. The Morgan fingerprint density at radius 3 is 2.39 bits per heavy atom. The molecule has 0 aliphatic heterocycles. The van der Waals surface area contributed by atoms with Gasteiger partial charge in [0, 0.05) is 19.2 Å². The van der Waals surface area contributed by atoms with Crippen LogP contribution in [-0.4, -0.2) is 46.7 Å². The van der Waals surface area contributed by atoms with Crippen LogP contribution in [0.1, 0.15) is 26.3 Å². The second-order valence-corrected chi connectivity index (χ2v) is 7.90. The van der Waals surface area contributed by atoms with Gasteiger partial charge in [-0.15, -0.1) is 0 Å². The van der Waals surface area contributed by atoms with Gasteiger partial charge in [-0.25, -0.2) is 8.42 Å². The minimum atomic E-state index is -3.41. The van der Waals surface area contributed by atoms with E-state index >= 15 is 0 Å². The summed E-state index contributed by atoms with van der Waals surface area (Å²) in [5.41, 5.74) is 2.05. The standard InChI is InChI=1S/C19H23N3O5S/c1-13-12-14(8-9-16(13)22-28(3,25)26)18(23)21-17-7-5-4-6-15(17)19(24)20-10-11-27-2/h4-9,12,22H,10-11H2,1-3H3,(H,20,24)(H,21,23). The molecule has 0 atom stereocenters. The molecule has 2 aromatic rings. The molecule has 9 heteroatoms. The van der Waals surface area contributed by atoms with Crippen molar-refractivity contribution in [2.45, 2.75) is 6.92 Å². The van der Waals surface area contributed by atoms with E-state index in [0.717, 1.165) is 6.26 Å². The van der Waals surface area contributed by atoms with Gasteiger partial charge in [-0.05, 0) is 42.8 Å². The molecule has 0 spiro atoms. The molecule has 3 N–H and O–H groups in total. The SMILES string of the molecule is COCCNC(=O)c1ccccc1NC(=O)c1ccc(NS(C)(=O)=O)c(C)c1. The summed E-state index contributed by atoms with van der Waals surface area (Å²) in [5, 5.41) is 5.43. The Labute approximate surface area is 164 Å². The summed E-state index contributed by atoms with van der Waals surface area (Å²) >= 11 is 0. The molecule has 0 saturated carbocycles. The first-order valence-electron chi connectivity index (χ1n) is 8.47. The number of nitrogens with one attached hydrogen (secondary N) is 3.